The minimum Gasteiger partial charge on any atom is -0.334 e. The maximum Gasteiger partial charge on any atom is 0.247 e. The number of carbonyl (C=O) groups excluding carboxylic acids is 2. The van der Waals surface area contributed by atoms with E-state index in [0.717, 1.165) is 24.3 Å². The summed E-state index contributed by atoms with van der Waals surface area (Å²) in [4.78, 5) is 25.4. The molecule has 1 saturated heterocycles. The number of hydrogen-bond donors (Lipinski definition) is 1. The molecule has 0 bridgehead atoms. The van der Waals surface area contributed by atoms with Gasteiger partial charge in [-0.1, -0.05) is 20.8 Å². The lowest BCUT2D eigenvalue weighted by atomic mass is 10.2. The third kappa shape index (κ3) is 3.25. The largest absolute Gasteiger partial charge is 0.334 e. The third-order valence-electron chi connectivity index (χ3n) is 3.87. The van der Waals surface area contributed by atoms with Gasteiger partial charge >= 0.3 is 0 Å². The van der Waals surface area contributed by atoms with E-state index >= 15 is 0 Å². The Bertz CT molecular complexity index is 536. The Morgan fingerprint density at radius 2 is 2.24 bits per heavy atom. The van der Waals surface area contributed by atoms with Crippen molar-refractivity contribution >= 4 is 17.5 Å². The van der Waals surface area contributed by atoms with Crippen LogP contribution in [0.25, 0.3) is 0 Å². The van der Waals surface area contributed by atoms with Crippen molar-refractivity contribution in [3.05, 3.63) is 11.9 Å². The van der Waals surface area contributed by atoms with Crippen LogP contribution >= 0.6 is 0 Å². The average Bonchev–Trinajstić information content (AvgIpc) is 2.94. The molecule has 6 heteroatoms. The van der Waals surface area contributed by atoms with Crippen molar-refractivity contribution in [3.8, 4) is 0 Å². The summed E-state index contributed by atoms with van der Waals surface area (Å²) in [6.07, 6.45) is 3.54. The maximum atomic E-state index is 12.3. The summed E-state index contributed by atoms with van der Waals surface area (Å²) < 4.78 is 1.95. The molecule has 1 aromatic heterocycles. The minimum absolute atomic E-state index is 0.0290. The summed E-state index contributed by atoms with van der Waals surface area (Å²) in [5.74, 6) is 0.404. The highest BCUT2D eigenvalue weighted by Gasteiger charge is 2.33. The third-order valence-corrected chi connectivity index (χ3v) is 3.87. The Kier molecular flexibility index (Phi) is 4.65. The summed E-state index contributed by atoms with van der Waals surface area (Å²) in [5, 5.41) is 7.29. The summed E-state index contributed by atoms with van der Waals surface area (Å²) in [7, 11) is 1.68. The van der Waals surface area contributed by atoms with Crippen molar-refractivity contribution in [1.82, 2.24) is 14.7 Å². The van der Waals surface area contributed by atoms with E-state index in [2.05, 4.69) is 31.2 Å². The normalized spacial score (nSPS) is 18.6. The first-order valence-corrected chi connectivity index (χ1v) is 7.55. The fourth-order valence-electron chi connectivity index (χ4n) is 2.72. The fourth-order valence-corrected chi connectivity index (χ4v) is 2.72. The van der Waals surface area contributed by atoms with E-state index in [1.54, 1.807) is 13.2 Å². The summed E-state index contributed by atoms with van der Waals surface area (Å²) >= 11 is 0. The summed E-state index contributed by atoms with van der Waals surface area (Å²) in [6, 6.07) is -0.365. The molecule has 1 aromatic rings. The Morgan fingerprint density at radius 1 is 1.52 bits per heavy atom. The number of hydrogen-bond acceptors (Lipinski definition) is 3. The van der Waals surface area contributed by atoms with E-state index in [1.165, 1.54) is 4.90 Å². The zero-order valence-corrected chi connectivity index (χ0v) is 13.2. The molecular formula is C15H24N4O2. The first-order chi connectivity index (χ1) is 9.93. The topological polar surface area (TPSA) is 67.2 Å². The van der Waals surface area contributed by atoms with Gasteiger partial charge in [0, 0.05) is 20.0 Å². The SMILES string of the molecule is CCc1c(NC(=O)C2CCC(=O)N2C)cnn1CC(C)C. The molecule has 116 valence electrons. The van der Waals surface area contributed by atoms with Crippen molar-refractivity contribution in [2.45, 2.75) is 52.6 Å². The van der Waals surface area contributed by atoms with Gasteiger partial charge in [0.1, 0.15) is 6.04 Å². The first-order valence-electron chi connectivity index (χ1n) is 7.55. The lowest BCUT2D eigenvalue weighted by Crippen LogP contribution is -2.39. The Morgan fingerprint density at radius 3 is 2.76 bits per heavy atom. The molecule has 1 aliphatic heterocycles. The molecule has 1 N–H and O–H groups in total. The average molecular weight is 292 g/mol. The van der Waals surface area contributed by atoms with Gasteiger partial charge in [-0.3, -0.25) is 14.3 Å². The first kappa shape index (κ1) is 15.5. The van der Waals surface area contributed by atoms with Gasteiger partial charge < -0.3 is 10.2 Å². The molecule has 0 aliphatic carbocycles. The molecule has 2 rings (SSSR count). The second-order valence-electron chi connectivity index (χ2n) is 5.98. The maximum absolute atomic E-state index is 12.3. The van der Waals surface area contributed by atoms with Crippen LogP contribution in [0.15, 0.2) is 6.20 Å². The van der Waals surface area contributed by atoms with Crippen molar-refractivity contribution in [1.29, 1.82) is 0 Å². The zero-order chi connectivity index (χ0) is 15.6. The highest BCUT2D eigenvalue weighted by molar-refractivity contribution is 5.99. The van der Waals surface area contributed by atoms with Crippen molar-refractivity contribution in [2.24, 2.45) is 5.92 Å². The van der Waals surface area contributed by atoms with E-state index < -0.39 is 0 Å². The molecular weight excluding hydrogens is 268 g/mol. The molecule has 0 saturated carbocycles. The number of nitrogens with zero attached hydrogens (tertiary/aromatic N) is 3. The van der Waals surface area contributed by atoms with Crippen LogP contribution in [0.1, 0.15) is 39.3 Å². The summed E-state index contributed by atoms with van der Waals surface area (Å²) in [5.41, 5.74) is 1.79. The molecule has 0 spiro atoms. The highest BCUT2D eigenvalue weighted by atomic mass is 16.2. The highest BCUT2D eigenvalue weighted by Crippen LogP contribution is 2.21. The van der Waals surface area contributed by atoms with Crippen molar-refractivity contribution < 1.29 is 9.59 Å². The Balaban J connectivity index is 2.11. The second-order valence-corrected chi connectivity index (χ2v) is 5.98. The number of amides is 2. The van der Waals surface area contributed by atoms with Crippen LogP contribution < -0.4 is 5.32 Å². The number of aromatic nitrogens is 2. The van der Waals surface area contributed by atoms with Gasteiger partial charge in [-0.05, 0) is 18.8 Å². The molecule has 0 aromatic carbocycles. The number of nitrogens with one attached hydrogen (secondary N) is 1. The lowest BCUT2D eigenvalue weighted by molar-refractivity contribution is -0.131. The molecule has 2 amide bonds. The second kappa shape index (κ2) is 6.28. The van der Waals surface area contributed by atoms with Crippen molar-refractivity contribution in [2.75, 3.05) is 12.4 Å². The molecule has 1 fully saturated rings. The van der Waals surface area contributed by atoms with Gasteiger partial charge in [-0.2, -0.15) is 5.10 Å². The van der Waals surface area contributed by atoms with E-state index in [1.807, 2.05) is 4.68 Å². The predicted molar refractivity (Wildman–Crippen MR) is 80.9 cm³/mol. The molecule has 2 heterocycles. The van der Waals surface area contributed by atoms with Crippen LogP contribution in [0.2, 0.25) is 0 Å². The van der Waals surface area contributed by atoms with E-state index in [9.17, 15) is 9.59 Å². The van der Waals surface area contributed by atoms with E-state index in [-0.39, 0.29) is 17.9 Å². The molecule has 1 atom stereocenters. The monoisotopic (exact) mass is 292 g/mol. The number of anilines is 1. The number of rotatable bonds is 5. The van der Waals surface area contributed by atoms with Gasteiger partial charge in [-0.25, -0.2) is 0 Å². The smallest absolute Gasteiger partial charge is 0.247 e. The van der Waals surface area contributed by atoms with Gasteiger partial charge in [-0.15, -0.1) is 0 Å². The van der Waals surface area contributed by atoms with Gasteiger partial charge in [0.15, 0.2) is 0 Å². The molecule has 1 aliphatic rings. The number of likely N-dealkylation sites (N-methyl/N-ethyl adjacent to an activating group) is 1. The minimum atomic E-state index is -0.365. The van der Waals surface area contributed by atoms with Crippen LogP contribution in [-0.4, -0.2) is 39.6 Å². The lowest BCUT2D eigenvalue weighted by Gasteiger charge is -2.19. The molecule has 0 radical (unpaired) electrons. The van der Waals surface area contributed by atoms with Crippen LogP contribution in [0.4, 0.5) is 5.69 Å². The van der Waals surface area contributed by atoms with Crippen LogP contribution in [-0.2, 0) is 22.6 Å². The van der Waals surface area contributed by atoms with Gasteiger partial charge in [0.2, 0.25) is 11.8 Å². The van der Waals surface area contributed by atoms with Crippen LogP contribution in [0, 0.1) is 5.92 Å². The van der Waals surface area contributed by atoms with Crippen molar-refractivity contribution in [3.63, 3.8) is 0 Å². The molecule has 6 nitrogen and oxygen atoms in total. The number of likely N-dealkylation sites (tertiary alicyclic amines) is 1. The van der Waals surface area contributed by atoms with E-state index in [4.69, 9.17) is 0 Å². The van der Waals surface area contributed by atoms with Crippen LogP contribution in [0.3, 0.4) is 0 Å². The zero-order valence-electron chi connectivity index (χ0n) is 13.2. The van der Waals surface area contributed by atoms with E-state index in [0.29, 0.717) is 18.8 Å². The number of carbonyl (C=O) groups is 2. The Labute approximate surface area is 125 Å². The quantitative estimate of drug-likeness (QED) is 0.897. The predicted octanol–water partition coefficient (Wildman–Crippen LogP) is 1.66. The standard InChI is InChI=1S/C15H24N4O2/c1-5-12-11(8-16-19(12)9-10(2)3)17-15(21)13-6-7-14(20)18(13)4/h8,10,13H,5-7,9H2,1-4H3,(H,17,21). The van der Waals surface area contributed by atoms with Gasteiger partial charge in [0.05, 0.1) is 17.6 Å². The molecule has 1 unspecified atom stereocenters. The fraction of sp³-hybridized carbons (Fsp3) is 0.667. The molecule has 21 heavy (non-hydrogen) atoms. The Hall–Kier alpha value is -1.85. The van der Waals surface area contributed by atoms with Gasteiger partial charge in [0.25, 0.3) is 0 Å². The summed E-state index contributed by atoms with van der Waals surface area (Å²) in [6.45, 7) is 7.16. The van der Waals surface area contributed by atoms with Crippen LogP contribution in [0.5, 0.6) is 0 Å².